The molecule has 1 nitrogen and oxygen atoms in total. The van der Waals surface area contributed by atoms with Crippen LogP contribution >= 0.6 is 23.2 Å². The summed E-state index contributed by atoms with van der Waals surface area (Å²) in [6, 6.07) is 4.50. The Labute approximate surface area is 114 Å². The second kappa shape index (κ2) is 6.02. The lowest BCUT2D eigenvalue weighted by Crippen LogP contribution is -2.39. The highest BCUT2D eigenvalue weighted by molar-refractivity contribution is 6.32. The highest BCUT2D eigenvalue weighted by Gasteiger charge is 2.32. The molecule has 0 saturated carbocycles. The van der Waals surface area contributed by atoms with Gasteiger partial charge in [0.1, 0.15) is 6.54 Å². The Morgan fingerprint density at radius 2 is 1.89 bits per heavy atom. The zero-order valence-corrected chi connectivity index (χ0v) is 11.6. The highest BCUT2D eigenvalue weighted by Crippen LogP contribution is 2.28. The minimum atomic E-state index is -4.25. The first-order valence-corrected chi connectivity index (χ1v) is 6.33. The van der Waals surface area contributed by atoms with Gasteiger partial charge < -0.3 is 4.90 Å². The summed E-state index contributed by atoms with van der Waals surface area (Å²) in [6.07, 6.45) is -4.25. The van der Waals surface area contributed by atoms with Crippen LogP contribution in [0.3, 0.4) is 0 Å². The molecule has 18 heavy (non-hydrogen) atoms. The maximum atomic E-state index is 12.5. The van der Waals surface area contributed by atoms with Crippen LogP contribution in [0, 0.1) is 0 Å². The number of alkyl halides is 4. The third-order valence-electron chi connectivity index (χ3n) is 2.49. The zero-order chi connectivity index (χ0) is 13.9. The summed E-state index contributed by atoms with van der Waals surface area (Å²) in [5, 5.41) is 0.385. The standard InChI is InChI=1S/C12H14Cl2F3N/c1-8(2)18(7-12(15,16)17)10-4-3-9(6-13)11(14)5-10/h3-5,8H,6-7H2,1-2H3. The topological polar surface area (TPSA) is 3.24 Å². The van der Waals surface area contributed by atoms with E-state index in [1.54, 1.807) is 26.0 Å². The van der Waals surface area contributed by atoms with Crippen LogP contribution in [0.4, 0.5) is 18.9 Å². The van der Waals surface area contributed by atoms with E-state index in [-0.39, 0.29) is 11.9 Å². The molecule has 102 valence electrons. The molecular weight excluding hydrogens is 286 g/mol. The van der Waals surface area contributed by atoms with E-state index in [0.717, 1.165) is 0 Å². The lowest BCUT2D eigenvalue weighted by molar-refractivity contribution is -0.120. The second-order valence-electron chi connectivity index (χ2n) is 4.25. The quantitative estimate of drug-likeness (QED) is 0.718. The molecule has 1 rings (SSSR count). The summed E-state index contributed by atoms with van der Waals surface area (Å²) in [6.45, 7) is 2.41. The van der Waals surface area contributed by atoms with E-state index < -0.39 is 12.7 Å². The zero-order valence-electron chi connectivity index (χ0n) is 10.1. The average molecular weight is 300 g/mol. The van der Waals surface area contributed by atoms with Crippen molar-refractivity contribution in [2.24, 2.45) is 0 Å². The Morgan fingerprint density at radius 3 is 2.28 bits per heavy atom. The fourth-order valence-corrected chi connectivity index (χ4v) is 2.13. The molecular formula is C12H14Cl2F3N. The van der Waals surface area contributed by atoms with Gasteiger partial charge in [0.05, 0.1) is 0 Å². The summed E-state index contributed by atoms with van der Waals surface area (Å²) in [5.74, 6) is 0.236. The Kier molecular flexibility index (Phi) is 5.17. The smallest absolute Gasteiger partial charge is 0.360 e. The summed E-state index contributed by atoms with van der Waals surface area (Å²) in [5.41, 5.74) is 1.15. The first-order valence-electron chi connectivity index (χ1n) is 5.42. The van der Waals surface area contributed by atoms with Crippen LogP contribution in [0.1, 0.15) is 19.4 Å². The molecule has 0 heterocycles. The van der Waals surface area contributed by atoms with E-state index in [2.05, 4.69) is 0 Å². The van der Waals surface area contributed by atoms with E-state index >= 15 is 0 Å². The van der Waals surface area contributed by atoms with Crippen LogP contribution in [0.15, 0.2) is 18.2 Å². The summed E-state index contributed by atoms with van der Waals surface area (Å²) in [7, 11) is 0. The van der Waals surface area contributed by atoms with Crippen molar-refractivity contribution >= 4 is 28.9 Å². The summed E-state index contributed by atoms with van der Waals surface area (Å²) in [4.78, 5) is 1.25. The predicted molar refractivity (Wildman–Crippen MR) is 69.5 cm³/mol. The molecule has 0 bridgehead atoms. The van der Waals surface area contributed by atoms with Gasteiger partial charge in [0.15, 0.2) is 0 Å². The molecule has 0 fully saturated rings. The molecule has 0 amide bonds. The van der Waals surface area contributed by atoms with E-state index in [0.29, 0.717) is 16.3 Å². The molecule has 0 aromatic heterocycles. The van der Waals surface area contributed by atoms with Crippen molar-refractivity contribution in [2.45, 2.75) is 31.9 Å². The summed E-state index contributed by atoms with van der Waals surface area (Å²) >= 11 is 11.6. The molecule has 1 aromatic rings. The molecule has 0 aliphatic carbocycles. The lowest BCUT2D eigenvalue weighted by atomic mass is 10.2. The van der Waals surface area contributed by atoms with Gasteiger partial charge in [-0.05, 0) is 31.5 Å². The third kappa shape index (κ3) is 4.25. The molecule has 6 heteroatoms. The molecule has 0 unspecified atom stereocenters. The fraction of sp³-hybridized carbons (Fsp3) is 0.500. The first kappa shape index (κ1) is 15.4. The fourth-order valence-electron chi connectivity index (χ4n) is 1.59. The van der Waals surface area contributed by atoms with Gasteiger partial charge in [-0.25, -0.2) is 0 Å². The number of hydrogen-bond donors (Lipinski definition) is 0. The molecule has 0 atom stereocenters. The van der Waals surface area contributed by atoms with Crippen molar-refractivity contribution in [2.75, 3.05) is 11.4 Å². The van der Waals surface area contributed by atoms with Gasteiger partial charge in [-0.3, -0.25) is 0 Å². The number of nitrogens with zero attached hydrogens (tertiary/aromatic N) is 1. The average Bonchev–Trinajstić information content (AvgIpc) is 2.24. The van der Waals surface area contributed by atoms with Gasteiger partial charge >= 0.3 is 6.18 Å². The molecule has 1 aromatic carbocycles. The molecule has 0 saturated heterocycles. The van der Waals surface area contributed by atoms with E-state index in [1.807, 2.05) is 0 Å². The van der Waals surface area contributed by atoms with Crippen molar-refractivity contribution in [1.29, 1.82) is 0 Å². The lowest BCUT2D eigenvalue weighted by Gasteiger charge is -2.30. The Balaban J connectivity index is 3.03. The minimum absolute atomic E-state index is 0.236. The Bertz CT molecular complexity index is 405. The van der Waals surface area contributed by atoms with Crippen molar-refractivity contribution in [3.8, 4) is 0 Å². The molecule has 0 N–H and O–H groups in total. The third-order valence-corrected chi connectivity index (χ3v) is 3.13. The SMILES string of the molecule is CC(C)N(CC(F)(F)F)c1ccc(CCl)c(Cl)c1. The van der Waals surface area contributed by atoms with Crippen LogP contribution in [0.5, 0.6) is 0 Å². The number of anilines is 1. The van der Waals surface area contributed by atoms with Crippen molar-refractivity contribution < 1.29 is 13.2 Å². The van der Waals surface area contributed by atoms with Crippen LogP contribution in [0.25, 0.3) is 0 Å². The molecule has 0 spiro atoms. The largest absolute Gasteiger partial charge is 0.405 e. The minimum Gasteiger partial charge on any atom is -0.360 e. The van der Waals surface area contributed by atoms with E-state index in [9.17, 15) is 13.2 Å². The van der Waals surface area contributed by atoms with Gasteiger partial charge in [0.25, 0.3) is 0 Å². The van der Waals surface area contributed by atoms with E-state index in [1.165, 1.54) is 11.0 Å². The Hall–Kier alpha value is -0.610. The number of hydrogen-bond acceptors (Lipinski definition) is 1. The van der Waals surface area contributed by atoms with Crippen LogP contribution in [-0.2, 0) is 5.88 Å². The van der Waals surface area contributed by atoms with Gasteiger partial charge in [-0.15, -0.1) is 11.6 Å². The molecule has 0 aliphatic rings. The van der Waals surface area contributed by atoms with Crippen LogP contribution < -0.4 is 4.90 Å². The monoisotopic (exact) mass is 299 g/mol. The van der Waals surface area contributed by atoms with Crippen molar-refractivity contribution in [3.63, 3.8) is 0 Å². The Morgan fingerprint density at radius 1 is 1.28 bits per heavy atom. The van der Waals surface area contributed by atoms with Crippen LogP contribution in [-0.4, -0.2) is 18.8 Å². The number of rotatable bonds is 4. The molecule has 0 radical (unpaired) electrons. The van der Waals surface area contributed by atoms with Crippen molar-refractivity contribution in [1.82, 2.24) is 0 Å². The maximum absolute atomic E-state index is 12.5. The number of halogens is 5. The number of benzene rings is 1. The highest BCUT2D eigenvalue weighted by atomic mass is 35.5. The van der Waals surface area contributed by atoms with Gasteiger partial charge in [-0.1, -0.05) is 17.7 Å². The summed E-state index contributed by atoms with van der Waals surface area (Å²) < 4.78 is 37.5. The maximum Gasteiger partial charge on any atom is 0.405 e. The van der Waals surface area contributed by atoms with Gasteiger partial charge in [0, 0.05) is 22.6 Å². The van der Waals surface area contributed by atoms with E-state index in [4.69, 9.17) is 23.2 Å². The van der Waals surface area contributed by atoms with Gasteiger partial charge in [0.2, 0.25) is 0 Å². The van der Waals surface area contributed by atoms with Gasteiger partial charge in [-0.2, -0.15) is 13.2 Å². The predicted octanol–water partition coefficient (Wildman–Crippen LogP) is 4.86. The van der Waals surface area contributed by atoms with Crippen LogP contribution in [0.2, 0.25) is 5.02 Å². The first-order chi connectivity index (χ1) is 8.24. The second-order valence-corrected chi connectivity index (χ2v) is 4.92. The van der Waals surface area contributed by atoms with Crippen molar-refractivity contribution in [3.05, 3.63) is 28.8 Å². The molecule has 0 aliphatic heterocycles. The normalized spacial score (nSPS) is 12.0.